The van der Waals surface area contributed by atoms with Crippen molar-refractivity contribution in [2.24, 2.45) is 0 Å². The van der Waals surface area contributed by atoms with Gasteiger partial charge >= 0.3 is 0 Å². The molecule has 3 heteroatoms. The monoisotopic (exact) mass is 219 g/mol. The van der Waals surface area contributed by atoms with Crippen molar-refractivity contribution in [3.05, 3.63) is 48.0 Å². The van der Waals surface area contributed by atoms with Gasteiger partial charge in [0.2, 0.25) is 5.89 Å². The van der Waals surface area contributed by atoms with Crippen molar-refractivity contribution in [3.63, 3.8) is 0 Å². The lowest BCUT2D eigenvalue weighted by atomic mass is 9.95. The van der Waals surface area contributed by atoms with Gasteiger partial charge in [-0.1, -0.05) is 35.8 Å². The minimum atomic E-state index is 0.630. The summed E-state index contributed by atoms with van der Waals surface area (Å²) in [4.78, 5) is 4.45. The van der Waals surface area contributed by atoms with E-state index in [4.69, 9.17) is 12.3 Å². The van der Waals surface area contributed by atoms with Gasteiger partial charge in [0.05, 0.1) is 0 Å². The summed E-state index contributed by atoms with van der Waals surface area (Å²) >= 11 is 0. The van der Waals surface area contributed by atoms with Crippen LogP contribution in [-0.4, -0.2) is 12.8 Å². The van der Waals surface area contributed by atoms with E-state index in [0.29, 0.717) is 5.89 Å². The molecule has 2 nitrogen and oxygen atoms in total. The van der Waals surface area contributed by atoms with Gasteiger partial charge in [-0.2, -0.15) is 0 Å². The lowest BCUT2D eigenvalue weighted by Crippen LogP contribution is -1.99. The van der Waals surface area contributed by atoms with E-state index in [-0.39, 0.29) is 0 Å². The summed E-state index contributed by atoms with van der Waals surface area (Å²) in [7, 11) is 5.65. The molecule has 0 bridgehead atoms. The predicted molar refractivity (Wildman–Crippen MR) is 69.6 cm³/mol. The molecular weight excluding hydrogens is 209 g/mol. The van der Waals surface area contributed by atoms with Crippen LogP contribution in [0.3, 0.4) is 0 Å². The maximum absolute atomic E-state index is 5.72. The molecule has 17 heavy (non-hydrogen) atoms. The van der Waals surface area contributed by atoms with E-state index in [9.17, 15) is 0 Å². The van der Waals surface area contributed by atoms with Crippen molar-refractivity contribution in [1.82, 2.24) is 4.98 Å². The Morgan fingerprint density at radius 2 is 1.82 bits per heavy atom. The zero-order valence-electron chi connectivity index (χ0n) is 9.47. The maximum atomic E-state index is 5.72. The van der Waals surface area contributed by atoms with Gasteiger partial charge in [-0.25, -0.2) is 4.98 Å². The van der Waals surface area contributed by atoms with Crippen LogP contribution in [0.25, 0.3) is 22.6 Å². The fraction of sp³-hybridized carbons (Fsp3) is 0.0714. The van der Waals surface area contributed by atoms with Crippen molar-refractivity contribution in [3.8, 4) is 11.5 Å². The molecule has 0 N–H and O–H groups in total. The Bertz CT molecular complexity index is 670. The van der Waals surface area contributed by atoms with Crippen molar-refractivity contribution in [1.29, 1.82) is 0 Å². The standard InChI is InChI=1S/C14H10BNO/c1-9-2-7-12-13(8-9)17-14(16-12)10-3-5-11(15)6-4-10/h2-8H,1H3. The molecule has 0 fully saturated rings. The third-order valence-electron chi connectivity index (χ3n) is 2.70. The predicted octanol–water partition coefficient (Wildman–Crippen LogP) is 2.60. The van der Waals surface area contributed by atoms with Crippen LogP contribution in [-0.2, 0) is 0 Å². The van der Waals surface area contributed by atoms with E-state index in [0.717, 1.165) is 27.7 Å². The summed E-state index contributed by atoms with van der Waals surface area (Å²) in [5.41, 5.74) is 4.53. The van der Waals surface area contributed by atoms with Gasteiger partial charge in [0, 0.05) is 5.56 Å². The van der Waals surface area contributed by atoms with Gasteiger partial charge in [0.25, 0.3) is 0 Å². The molecule has 2 radical (unpaired) electrons. The Balaban J connectivity index is 2.14. The van der Waals surface area contributed by atoms with Crippen molar-refractivity contribution in [2.45, 2.75) is 6.92 Å². The molecule has 0 amide bonds. The molecule has 0 aliphatic carbocycles. The Morgan fingerprint density at radius 3 is 2.59 bits per heavy atom. The van der Waals surface area contributed by atoms with Crippen LogP contribution in [0.5, 0.6) is 0 Å². The van der Waals surface area contributed by atoms with Crippen LogP contribution >= 0.6 is 0 Å². The highest BCUT2D eigenvalue weighted by molar-refractivity contribution is 6.32. The molecule has 2 aromatic carbocycles. The lowest BCUT2D eigenvalue weighted by Gasteiger charge is -1.95. The van der Waals surface area contributed by atoms with Gasteiger partial charge in [0.1, 0.15) is 13.4 Å². The number of rotatable bonds is 1. The Labute approximate surface area is 101 Å². The molecule has 80 valence electrons. The third-order valence-corrected chi connectivity index (χ3v) is 2.70. The minimum absolute atomic E-state index is 0.630. The van der Waals surface area contributed by atoms with E-state index < -0.39 is 0 Å². The molecule has 3 rings (SSSR count). The first kappa shape index (κ1) is 10.1. The Hall–Kier alpha value is -2.03. The van der Waals surface area contributed by atoms with Crippen LogP contribution in [0.4, 0.5) is 0 Å². The molecule has 0 aliphatic heterocycles. The Kier molecular flexibility index (Phi) is 2.25. The molecule has 0 saturated heterocycles. The average Bonchev–Trinajstić information content (AvgIpc) is 2.72. The van der Waals surface area contributed by atoms with Gasteiger partial charge in [-0.05, 0) is 24.6 Å². The van der Waals surface area contributed by atoms with Gasteiger partial charge in [-0.3, -0.25) is 0 Å². The second-order valence-electron chi connectivity index (χ2n) is 4.11. The first-order valence-corrected chi connectivity index (χ1v) is 5.45. The SMILES string of the molecule is [B]c1ccc(-c2nc3ccc(C)cc3o2)cc1. The summed E-state index contributed by atoms with van der Waals surface area (Å²) < 4.78 is 5.72. The van der Waals surface area contributed by atoms with Crippen LogP contribution in [0.2, 0.25) is 0 Å². The fourth-order valence-corrected chi connectivity index (χ4v) is 1.78. The third kappa shape index (κ3) is 1.84. The second-order valence-corrected chi connectivity index (χ2v) is 4.11. The number of benzene rings is 2. The molecule has 0 unspecified atom stereocenters. The molecular formula is C14H10BNO. The highest BCUT2D eigenvalue weighted by Gasteiger charge is 2.07. The number of aromatic nitrogens is 1. The number of aryl methyl sites for hydroxylation is 1. The molecule has 3 aromatic rings. The van der Waals surface area contributed by atoms with Gasteiger partial charge < -0.3 is 4.42 Å². The number of hydrogen-bond donors (Lipinski definition) is 0. The van der Waals surface area contributed by atoms with E-state index in [2.05, 4.69) is 4.98 Å². The number of fused-ring (bicyclic) bond motifs is 1. The number of hydrogen-bond acceptors (Lipinski definition) is 2. The van der Waals surface area contributed by atoms with Crippen molar-refractivity contribution < 1.29 is 4.42 Å². The fourth-order valence-electron chi connectivity index (χ4n) is 1.78. The van der Waals surface area contributed by atoms with E-state index in [1.807, 2.05) is 49.4 Å². The smallest absolute Gasteiger partial charge is 0.227 e. The maximum Gasteiger partial charge on any atom is 0.227 e. The van der Waals surface area contributed by atoms with E-state index in [1.165, 1.54) is 0 Å². The zero-order valence-corrected chi connectivity index (χ0v) is 9.47. The second kappa shape index (κ2) is 3.77. The molecule has 1 aromatic heterocycles. The minimum Gasteiger partial charge on any atom is -0.436 e. The zero-order chi connectivity index (χ0) is 11.8. The first-order chi connectivity index (χ1) is 8.22. The molecule has 0 aliphatic rings. The lowest BCUT2D eigenvalue weighted by molar-refractivity contribution is 0.619. The first-order valence-electron chi connectivity index (χ1n) is 5.45. The van der Waals surface area contributed by atoms with Crippen LogP contribution in [0, 0.1) is 6.92 Å². The van der Waals surface area contributed by atoms with Crippen LogP contribution in [0.1, 0.15) is 5.56 Å². The highest BCUT2D eigenvalue weighted by Crippen LogP contribution is 2.24. The van der Waals surface area contributed by atoms with Crippen LogP contribution in [0.15, 0.2) is 46.9 Å². The van der Waals surface area contributed by atoms with Crippen molar-refractivity contribution in [2.75, 3.05) is 0 Å². The molecule has 0 spiro atoms. The molecule has 0 atom stereocenters. The molecule has 1 heterocycles. The van der Waals surface area contributed by atoms with Crippen molar-refractivity contribution >= 4 is 24.4 Å². The normalized spacial score (nSPS) is 10.9. The van der Waals surface area contributed by atoms with Crippen LogP contribution < -0.4 is 5.46 Å². The number of oxazole rings is 1. The summed E-state index contributed by atoms with van der Waals surface area (Å²) in [6, 6.07) is 13.5. The largest absolute Gasteiger partial charge is 0.436 e. The number of nitrogens with zero attached hydrogens (tertiary/aromatic N) is 1. The average molecular weight is 219 g/mol. The van der Waals surface area contributed by atoms with Gasteiger partial charge in [-0.15, -0.1) is 0 Å². The summed E-state index contributed by atoms with van der Waals surface area (Å²) in [5.74, 6) is 0.630. The summed E-state index contributed by atoms with van der Waals surface area (Å²) in [6.45, 7) is 2.03. The van der Waals surface area contributed by atoms with E-state index in [1.54, 1.807) is 0 Å². The Morgan fingerprint density at radius 1 is 1.06 bits per heavy atom. The summed E-state index contributed by atoms with van der Waals surface area (Å²) in [6.07, 6.45) is 0. The summed E-state index contributed by atoms with van der Waals surface area (Å²) in [5, 5.41) is 0. The topological polar surface area (TPSA) is 26.0 Å². The highest BCUT2D eigenvalue weighted by atomic mass is 16.3. The van der Waals surface area contributed by atoms with E-state index >= 15 is 0 Å². The van der Waals surface area contributed by atoms with Gasteiger partial charge in [0.15, 0.2) is 5.58 Å². The molecule has 0 saturated carbocycles. The quantitative estimate of drug-likeness (QED) is 0.588.